The number of amides is 1. The molecule has 0 spiro atoms. The van der Waals surface area contributed by atoms with Gasteiger partial charge in [-0.3, -0.25) is 4.79 Å². The van der Waals surface area contributed by atoms with Gasteiger partial charge >= 0.3 is 0 Å². The summed E-state index contributed by atoms with van der Waals surface area (Å²) in [6.07, 6.45) is 0. The van der Waals surface area contributed by atoms with Gasteiger partial charge in [-0.25, -0.2) is 0 Å². The van der Waals surface area contributed by atoms with Gasteiger partial charge in [0.05, 0.1) is 18.5 Å². The van der Waals surface area contributed by atoms with Gasteiger partial charge in [-0.1, -0.05) is 6.07 Å². The molecular weight excluding hydrogens is 266 g/mol. The van der Waals surface area contributed by atoms with Gasteiger partial charge in [-0.05, 0) is 30.3 Å². The van der Waals surface area contributed by atoms with Crippen molar-refractivity contribution in [3.8, 4) is 5.75 Å². The molecule has 0 saturated heterocycles. The van der Waals surface area contributed by atoms with Crippen molar-refractivity contribution < 1.29 is 9.53 Å². The van der Waals surface area contributed by atoms with E-state index in [0.717, 1.165) is 5.69 Å². The molecule has 5 heteroatoms. The molecule has 0 fully saturated rings. The van der Waals surface area contributed by atoms with Crippen LogP contribution in [0, 0.1) is 0 Å². The van der Waals surface area contributed by atoms with E-state index in [1.165, 1.54) is 0 Å². The van der Waals surface area contributed by atoms with E-state index in [-0.39, 0.29) is 5.91 Å². The zero-order valence-corrected chi connectivity index (χ0v) is 12.4. The number of nitrogens with zero attached hydrogens (tertiary/aromatic N) is 1. The first-order valence-corrected chi connectivity index (χ1v) is 6.53. The second-order valence-electron chi connectivity index (χ2n) is 4.85. The maximum Gasteiger partial charge on any atom is 0.255 e. The standard InChI is InChI=1S/C16H19N3O2/c1-19(2)15-8-7-11(9-14(15)17)16(20)18-12-5-4-6-13(10-12)21-3/h4-10H,17H2,1-3H3,(H,18,20). The van der Waals surface area contributed by atoms with E-state index >= 15 is 0 Å². The Bertz CT molecular complexity index is 654. The maximum atomic E-state index is 12.2. The Kier molecular flexibility index (Phi) is 4.33. The van der Waals surface area contributed by atoms with Crippen LogP contribution in [0.2, 0.25) is 0 Å². The fourth-order valence-corrected chi connectivity index (χ4v) is 2.01. The van der Waals surface area contributed by atoms with Gasteiger partial charge in [-0.2, -0.15) is 0 Å². The van der Waals surface area contributed by atoms with Crippen LogP contribution in [0.1, 0.15) is 10.4 Å². The van der Waals surface area contributed by atoms with E-state index in [1.54, 1.807) is 31.4 Å². The molecule has 2 rings (SSSR count). The minimum absolute atomic E-state index is 0.208. The quantitative estimate of drug-likeness (QED) is 0.847. The SMILES string of the molecule is COc1cccc(NC(=O)c2ccc(N(C)C)c(N)c2)c1. The molecule has 0 aliphatic heterocycles. The van der Waals surface area contributed by atoms with Crippen molar-refractivity contribution in [2.45, 2.75) is 0 Å². The van der Waals surface area contributed by atoms with E-state index in [0.29, 0.717) is 22.7 Å². The average molecular weight is 285 g/mol. The monoisotopic (exact) mass is 285 g/mol. The van der Waals surface area contributed by atoms with Crippen molar-refractivity contribution in [1.82, 2.24) is 0 Å². The number of nitrogens with one attached hydrogen (secondary N) is 1. The topological polar surface area (TPSA) is 67.6 Å². The van der Waals surface area contributed by atoms with Crippen molar-refractivity contribution in [3.63, 3.8) is 0 Å². The molecule has 5 nitrogen and oxygen atoms in total. The van der Waals surface area contributed by atoms with Crippen LogP contribution in [0.4, 0.5) is 17.1 Å². The van der Waals surface area contributed by atoms with Crippen LogP contribution in [0.15, 0.2) is 42.5 Å². The van der Waals surface area contributed by atoms with E-state index in [2.05, 4.69) is 5.32 Å². The second-order valence-corrected chi connectivity index (χ2v) is 4.85. The van der Waals surface area contributed by atoms with E-state index < -0.39 is 0 Å². The minimum atomic E-state index is -0.208. The van der Waals surface area contributed by atoms with Crippen molar-refractivity contribution in [3.05, 3.63) is 48.0 Å². The highest BCUT2D eigenvalue weighted by atomic mass is 16.5. The fourth-order valence-electron chi connectivity index (χ4n) is 2.01. The lowest BCUT2D eigenvalue weighted by atomic mass is 10.1. The molecular formula is C16H19N3O2. The summed E-state index contributed by atoms with van der Waals surface area (Å²) in [5, 5.41) is 2.82. The fraction of sp³-hybridized carbons (Fsp3) is 0.188. The van der Waals surface area contributed by atoms with Crippen LogP contribution in [-0.4, -0.2) is 27.1 Å². The van der Waals surface area contributed by atoms with Crippen molar-refractivity contribution in [1.29, 1.82) is 0 Å². The summed E-state index contributed by atoms with van der Waals surface area (Å²) >= 11 is 0. The van der Waals surface area contributed by atoms with Crippen molar-refractivity contribution in [2.75, 3.05) is 37.2 Å². The van der Waals surface area contributed by atoms with Crippen LogP contribution < -0.4 is 20.7 Å². The van der Waals surface area contributed by atoms with Gasteiger partial charge in [0.15, 0.2) is 0 Å². The van der Waals surface area contributed by atoms with Gasteiger partial charge in [0.25, 0.3) is 5.91 Å². The number of carbonyl (C=O) groups is 1. The molecule has 0 aliphatic carbocycles. The van der Waals surface area contributed by atoms with Gasteiger partial charge < -0.3 is 20.7 Å². The first-order valence-electron chi connectivity index (χ1n) is 6.53. The zero-order chi connectivity index (χ0) is 15.4. The van der Waals surface area contributed by atoms with Gasteiger partial charge in [-0.15, -0.1) is 0 Å². The van der Waals surface area contributed by atoms with Crippen LogP contribution in [-0.2, 0) is 0 Å². The van der Waals surface area contributed by atoms with E-state index in [1.807, 2.05) is 37.2 Å². The number of nitrogens with two attached hydrogens (primary N) is 1. The molecule has 2 aromatic rings. The number of hydrogen-bond acceptors (Lipinski definition) is 4. The normalized spacial score (nSPS) is 10.0. The van der Waals surface area contributed by atoms with Crippen LogP contribution in [0.5, 0.6) is 5.75 Å². The molecule has 0 heterocycles. The number of anilines is 3. The average Bonchev–Trinajstić information content (AvgIpc) is 2.46. The molecule has 0 aliphatic rings. The summed E-state index contributed by atoms with van der Waals surface area (Å²) in [5.41, 5.74) is 8.60. The number of ether oxygens (including phenoxy) is 1. The molecule has 21 heavy (non-hydrogen) atoms. The van der Waals surface area contributed by atoms with E-state index in [4.69, 9.17) is 10.5 Å². The minimum Gasteiger partial charge on any atom is -0.497 e. The highest BCUT2D eigenvalue weighted by molar-refractivity contribution is 6.05. The zero-order valence-electron chi connectivity index (χ0n) is 12.4. The van der Waals surface area contributed by atoms with Crippen LogP contribution in [0.3, 0.4) is 0 Å². The molecule has 110 valence electrons. The van der Waals surface area contributed by atoms with Crippen molar-refractivity contribution >= 4 is 23.0 Å². The summed E-state index contributed by atoms with van der Waals surface area (Å²) in [4.78, 5) is 14.1. The number of benzene rings is 2. The first kappa shape index (κ1) is 14.7. The van der Waals surface area contributed by atoms with Gasteiger partial charge in [0, 0.05) is 31.4 Å². The summed E-state index contributed by atoms with van der Waals surface area (Å²) in [5.74, 6) is 0.482. The van der Waals surface area contributed by atoms with Crippen LogP contribution >= 0.6 is 0 Å². The summed E-state index contributed by atoms with van der Waals surface area (Å²) in [6, 6.07) is 12.5. The summed E-state index contributed by atoms with van der Waals surface area (Å²) in [6.45, 7) is 0. The highest BCUT2D eigenvalue weighted by Crippen LogP contribution is 2.23. The lowest BCUT2D eigenvalue weighted by Gasteiger charge is -2.16. The molecule has 3 N–H and O–H groups in total. The van der Waals surface area contributed by atoms with Gasteiger partial charge in [0.2, 0.25) is 0 Å². The number of nitrogen functional groups attached to an aromatic ring is 1. The third kappa shape index (κ3) is 3.45. The lowest BCUT2D eigenvalue weighted by Crippen LogP contribution is -2.15. The summed E-state index contributed by atoms with van der Waals surface area (Å²) in [7, 11) is 5.39. The van der Waals surface area contributed by atoms with Crippen molar-refractivity contribution in [2.24, 2.45) is 0 Å². The molecule has 1 amide bonds. The molecule has 0 radical (unpaired) electrons. The Morgan fingerprint density at radius 3 is 2.57 bits per heavy atom. The first-order chi connectivity index (χ1) is 10.0. The lowest BCUT2D eigenvalue weighted by molar-refractivity contribution is 0.102. The molecule has 0 bridgehead atoms. The molecule has 2 aromatic carbocycles. The Balaban J connectivity index is 2.18. The Morgan fingerprint density at radius 2 is 1.95 bits per heavy atom. The Hall–Kier alpha value is -2.69. The number of methoxy groups -OCH3 is 1. The summed E-state index contributed by atoms with van der Waals surface area (Å²) < 4.78 is 5.13. The molecule has 0 aromatic heterocycles. The predicted molar refractivity (Wildman–Crippen MR) is 86.1 cm³/mol. The number of carbonyl (C=O) groups excluding carboxylic acids is 1. The molecule has 0 unspecified atom stereocenters. The third-order valence-corrected chi connectivity index (χ3v) is 3.10. The Labute approximate surface area is 124 Å². The van der Waals surface area contributed by atoms with Crippen LogP contribution in [0.25, 0.3) is 0 Å². The third-order valence-electron chi connectivity index (χ3n) is 3.10. The smallest absolute Gasteiger partial charge is 0.255 e. The largest absolute Gasteiger partial charge is 0.497 e. The molecule has 0 atom stereocenters. The molecule has 0 saturated carbocycles. The Morgan fingerprint density at radius 1 is 1.19 bits per heavy atom. The number of rotatable bonds is 4. The van der Waals surface area contributed by atoms with E-state index in [9.17, 15) is 4.79 Å². The second kappa shape index (κ2) is 6.17. The predicted octanol–water partition coefficient (Wildman–Crippen LogP) is 2.60. The van der Waals surface area contributed by atoms with Gasteiger partial charge in [0.1, 0.15) is 5.75 Å². The highest BCUT2D eigenvalue weighted by Gasteiger charge is 2.10. The maximum absolute atomic E-state index is 12.2. The number of hydrogen-bond donors (Lipinski definition) is 2.